The summed E-state index contributed by atoms with van der Waals surface area (Å²) >= 11 is 0. The van der Waals surface area contributed by atoms with Crippen molar-refractivity contribution >= 4 is 34.3 Å². The molecule has 0 spiro atoms. The van der Waals surface area contributed by atoms with Crippen molar-refractivity contribution in [1.82, 2.24) is 19.9 Å². The lowest BCUT2D eigenvalue weighted by molar-refractivity contribution is -0.114. The third kappa shape index (κ3) is 5.36. The number of rotatable bonds is 7. The summed E-state index contributed by atoms with van der Waals surface area (Å²) in [7, 11) is 1.61. The minimum Gasteiger partial charge on any atom is -0.479 e. The van der Waals surface area contributed by atoms with Gasteiger partial charge in [-0.05, 0) is 49.8 Å². The van der Waals surface area contributed by atoms with Crippen LogP contribution < -0.4 is 20.7 Å². The smallest absolute Gasteiger partial charge is 0.240 e. The third-order valence-electron chi connectivity index (χ3n) is 5.49. The second kappa shape index (κ2) is 9.55. The zero-order valence-electron chi connectivity index (χ0n) is 17.8. The molecule has 0 aliphatic heterocycles. The highest BCUT2D eigenvalue weighted by Gasteiger charge is 2.21. The number of fused-ring (bicyclic) bond motifs is 1. The number of anilines is 3. The number of pyridine rings is 2. The fourth-order valence-electron chi connectivity index (χ4n) is 3.89. The maximum absolute atomic E-state index is 11.1. The summed E-state index contributed by atoms with van der Waals surface area (Å²) < 4.78 is 5.34. The van der Waals surface area contributed by atoms with E-state index >= 15 is 0 Å². The monoisotopic (exact) mass is 421 g/mol. The molecule has 1 aliphatic rings. The van der Waals surface area contributed by atoms with Crippen LogP contribution >= 0.6 is 0 Å². The van der Waals surface area contributed by atoms with E-state index in [1.165, 1.54) is 6.92 Å². The molecule has 0 atom stereocenters. The van der Waals surface area contributed by atoms with Gasteiger partial charge in [0, 0.05) is 31.1 Å². The molecule has 1 saturated carbocycles. The number of hydrogen-bond donors (Lipinski definition) is 3. The Balaban J connectivity index is 1.26. The Kier molecular flexibility index (Phi) is 6.40. The van der Waals surface area contributed by atoms with Crippen molar-refractivity contribution in [3.63, 3.8) is 0 Å². The lowest BCUT2D eigenvalue weighted by Crippen LogP contribution is -2.29. The summed E-state index contributed by atoms with van der Waals surface area (Å²) in [4.78, 5) is 28.5. The van der Waals surface area contributed by atoms with Gasteiger partial charge < -0.3 is 20.7 Å². The molecule has 0 radical (unpaired) electrons. The highest BCUT2D eigenvalue weighted by atomic mass is 16.5. The van der Waals surface area contributed by atoms with E-state index in [-0.39, 0.29) is 5.91 Å². The van der Waals surface area contributed by atoms with Crippen molar-refractivity contribution in [2.45, 2.75) is 38.6 Å². The Labute approximate surface area is 181 Å². The molecule has 9 heteroatoms. The van der Waals surface area contributed by atoms with Crippen LogP contribution in [-0.4, -0.2) is 45.5 Å². The molecular weight excluding hydrogens is 394 g/mol. The van der Waals surface area contributed by atoms with Crippen molar-refractivity contribution in [2.24, 2.45) is 5.92 Å². The SMILES string of the molecule is COc1nccc2ccc(NC3CCC(CNc4ncc(NC(C)=O)cn4)CC3)nc12. The lowest BCUT2D eigenvalue weighted by Gasteiger charge is -2.29. The normalized spacial score (nSPS) is 18.4. The molecule has 0 bridgehead atoms. The molecule has 0 aromatic carbocycles. The van der Waals surface area contributed by atoms with Gasteiger partial charge in [-0.15, -0.1) is 0 Å². The van der Waals surface area contributed by atoms with Gasteiger partial charge in [0.05, 0.1) is 25.2 Å². The minimum absolute atomic E-state index is 0.135. The predicted molar refractivity (Wildman–Crippen MR) is 120 cm³/mol. The fourth-order valence-corrected chi connectivity index (χ4v) is 3.89. The first kappa shape index (κ1) is 20.8. The van der Waals surface area contributed by atoms with E-state index in [2.05, 4.69) is 30.9 Å². The highest BCUT2D eigenvalue weighted by Crippen LogP contribution is 2.28. The molecule has 1 aliphatic carbocycles. The van der Waals surface area contributed by atoms with Gasteiger partial charge in [-0.25, -0.2) is 19.9 Å². The van der Waals surface area contributed by atoms with E-state index in [0.717, 1.165) is 48.9 Å². The summed E-state index contributed by atoms with van der Waals surface area (Å²) in [6, 6.07) is 6.39. The van der Waals surface area contributed by atoms with Crippen molar-refractivity contribution in [2.75, 3.05) is 29.6 Å². The van der Waals surface area contributed by atoms with Crippen LogP contribution in [0, 0.1) is 5.92 Å². The molecule has 9 nitrogen and oxygen atoms in total. The molecule has 3 aromatic rings. The van der Waals surface area contributed by atoms with E-state index in [9.17, 15) is 4.79 Å². The Morgan fingerprint density at radius 2 is 1.87 bits per heavy atom. The average molecular weight is 422 g/mol. The summed E-state index contributed by atoms with van der Waals surface area (Å²) in [5.41, 5.74) is 1.37. The van der Waals surface area contributed by atoms with E-state index in [0.29, 0.717) is 29.5 Å². The van der Waals surface area contributed by atoms with E-state index in [1.807, 2.05) is 18.2 Å². The summed E-state index contributed by atoms with van der Waals surface area (Å²) in [6.45, 7) is 2.30. The molecule has 0 unspecified atom stereocenters. The second-order valence-electron chi connectivity index (χ2n) is 7.81. The standard InChI is InChI=1S/C22H27N7O2/c1-14(30)27-18-12-25-22(26-13-18)24-11-15-3-6-17(7-4-15)28-19-8-5-16-9-10-23-21(31-2)20(16)29-19/h5,8-10,12-13,15,17H,3-4,6-7,11H2,1-2H3,(H,27,30)(H,28,29)(H,24,25,26). The van der Waals surface area contributed by atoms with E-state index < -0.39 is 0 Å². The third-order valence-corrected chi connectivity index (χ3v) is 5.49. The van der Waals surface area contributed by atoms with Gasteiger partial charge in [0.2, 0.25) is 17.7 Å². The first-order valence-electron chi connectivity index (χ1n) is 10.5. The van der Waals surface area contributed by atoms with E-state index in [1.54, 1.807) is 25.7 Å². The van der Waals surface area contributed by atoms with Crippen molar-refractivity contribution < 1.29 is 9.53 Å². The highest BCUT2D eigenvalue weighted by molar-refractivity contribution is 5.88. The molecule has 31 heavy (non-hydrogen) atoms. The molecule has 1 fully saturated rings. The number of nitrogens with one attached hydrogen (secondary N) is 3. The number of carbonyl (C=O) groups excluding carboxylic acids is 1. The number of nitrogens with zero attached hydrogens (tertiary/aromatic N) is 4. The molecule has 0 saturated heterocycles. The topological polar surface area (TPSA) is 114 Å². The van der Waals surface area contributed by atoms with Crippen LogP contribution in [0.15, 0.2) is 36.8 Å². The molecular formula is C22H27N7O2. The van der Waals surface area contributed by atoms with Crippen molar-refractivity contribution in [1.29, 1.82) is 0 Å². The number of aromatic nitrogens is 4. The van der Waals surface area contributed by atoms with Crippen molar-refractivity contribution in [3.8, 4) is 5.88 Å². The quantitative estimate of drug-likeness (QED) is 0.531. The molecule has 162 valence electrons. The Morgan fingerprint density at radius 3 is 2.58 bits per heavy atom. The van der Waals surface area contributed by atoms with Crippen LogP contribution in [0.4, 0.5) is 17.5 Å². The molecule has 3 N–H and O–H groups in total. The number of amides is 1. The molecule has 3 aromatic heterocycles. The van der Waals surface area contributed by atoms with Gasteiger partial charge in [-0.2, -0.15) is 0 Å². The van der Waals surface area contributed by atoms with Crippen LogP contribution in [0.5, 0.6) is 5.88 Å². The Bertz CT molecular complexity index is 1030. The molecule has 4 rings (SSSR count). The lowest BCUT2D eigenvalue weighted by atomic mass is 9.86. The first-order chi connectivity index (χ1) is 15.1. The van der Waals surface area contributed by atoms with Gasteiger partial charge in [-0.3, -0.25) is 4.79 Å². The number of methoxy groups -OCH3 is 1. The fraction of sp³-hybridized carbons (Fsp3) is 0.409. The first-order valence-corrected chi connectivity index (χ1v) is 10.5. The minimum atomic E-state index is -0.135. The molecule has 1 amide bonds. The maximum atomic E-state index is 11.1. The van der Waals surface area contributed by atoms with Gasteiger partial charge in [-0.1, -0.05) is 0 Å². The number of ether oxygens (including phenoxy) is 1. The number of carbonyl (C=O) groups is 1. The van der Waals surface area contributed by atoms with Gasteiger partial charge in [0.15, 0.2) is 0 Å². The summed E-state index contributed by atoms with van der Waals surface area (Å²) in [5.74, 6) is 2.42. The number of hydrogen-bond acceptors (Lipinski definition) is 8. The maximum Gasteiger partial charge on any atom is 0.240 e. The summed E-state index contributed by atoms with van der Waals surface area (Å²) in [5, 5.41) is 10.5. The predicted octanol–water partition coefficient (Wildman–Crippen LogP) is 3.47. The van der Waals surface area contributed by atoms with Crippen molar-refractivity contribution in [3.05, 3.63) is 36.8 Å². The van der Waals surface area contributed by atoms with Crippen LogP contribution in [0.25, 0.3) is 10.9 Å². The zero-order chi connectivity index (χ0) is 21.6. The van der Waals surface area contributed by atoms with Crippen LogP contribution in [-0.2, 0) is 4.79 Å². The second-order valence-corrected chi connectivity index (χ2v) is 7.81. The Morgan fingerprint density at radius 1 is 1.10 bits per heavy atom. The average Bonchev–Trinajstić information content (AvgIpc) is 2.79. The van der Waals surface area contributed by atoms with Gasteiger partial charge in [0.25, 0.3) is 0 Å². The van der Waals surface area contributed by atoms with E-state index in [4.69, 9.17) is 9.72 Å². The van der Waals surface area contributed by atoms with Gasteiger partial charge >= 0.3 is 0 Å². The summed E-state index contributed by atoms with van der Waals surface area (Å²) in [6.07, 6.45) is 9.35. The van der Waals surface area contributed by atoms with Crippen LogP contribution in [0.3, 0.4) is 0 Å². The van der Waals surface area contributed by atoms with Crippen LogP contribution in [0.1, 0.15) is 32.6 Å². The zero-order valence-corrected chi connectivity index (χ0v) is 17.8. The Hall–Kier alpha value is -3.49. The van der Waals surface area contributed by atoms with Crippen LogP contribution in [0.2, 0.25) is 0 Å². The van der Waals surface area contributed by atoms with Gasteiger partial charge in [0.1, 0.15) is 11.3 Å². The molecule has 3 heterocycles. The largest absolute Gasteiger partial charge is 0.479 e.